The molecule has 41 heavy (non-hydrogen) atoms. The lowest BCUT2D eigenvalue weighted by molar-refractivity contribution is -0.123. The first-order valence-electron chi connectivity index (χ1n) is 13.5. The molecule has 5 rings (SSSR count). The first kappa shape index (κ1) is 27.9. The number of imidazole rings is 1. The summed E-state index contributed by atoms with van der Waals surface area (Å²) in [4.78, 5) is 30.4. The Labute approximate surface area is 238 Å². The van der Waals surface area contributed by atoms with E-state index in [4.69, 9.17) is 9.47 Å². The van der Waals surface area contributed by atoms with Crippen LogP contribution in [0.4, 0.5) is 4.39 Å². The Balaban J connectivity index is 1.53. The van der Waals surface area contributed by atoms with Gasteiger partial charge in [0.25, 0.3) is 5.91 Å². The third kappa shape index (κ3) is 6.09. The van der Waals surface area contributed by atoms with E-state index in [9.17, 15) is 14.0 Å². The molecule has 8 nitrogen and oxygen atoms in total. The predicted molar refractivity (Wildman–Crippen MR) is 153 cm³/mol. The fourth-order valence-electron chi connectivity index (χ4n) is 4.90. The minimum atomic E-state index is -0.657. The second-order valence-electron chi connectivity index (χ2n) is 10.6. The topological polar surface area (TPSA) is 94.5 Å². The van der Waals surface area contributed by atoms with Crippen LogP contribution in [0.2, 0.25) is 0 Å². The Kier molecular flexibility index (Phi) is 8.05. The number of carbonyl (C=O) groups excluding carboxylic acids is 2. The van der Waals surface area contributed by atoms with E-state index in [0.717, 1.165) is 11.3 Å². The minimum absolute atomic E-state index is 0.180. The van der Waals surface area contributed by atoms with Crippen molar-refractivity contribution >= 4 is 11.8 Å². The second kappa shape index (κ2) is 11.8. The summed E-state index contributed by atoms with van der Waals surface area (Å²) in [5.41, 5.74) is 4.11. The van der Waals surface area contributed by atoms with Gasteiger partial charge in [0.15, 0.2) is 0 Å². The Morgan fingerprint density at radius 2 is 1.88 bits per heavy atom. The maximum absolute atomic E-state index is 13.6. The van der Waals surface area contributed by atoms with Gasteiger partial charge in [-0.3, -0.25) is 9.59 Å². The number of hydrogen-bond acceptors (Lipinski definition) is 5. The molecule has 2 N–H and O–H groups in total. The van der Waals surface area contributed by atoms with Crippen LogP contribution >= 0.6 is 0 Å². The van der Waals surface area contributed by atoms with Crippen molar-refractivity contribution in [2.45, 2.75) is 32.5 Å². The third-order valence-electron chi connectivity index (χ3n) is 6.99. The average molecular weight is 557 g/mol. The van der Waals surface area contributed by atoms with Gasteiger partial charge in [-0.2, -0.15) is 0 Å². The molecule has 2 atom stereocenters. The number of ether oxygens (including phenoxy) is 2. The quantitative estimate of drug-likeness (QED) is 0.297. The van der Waals surface area contributed by atoms with Crippen LogP contribution in [0.25, 0.3) is 11.1 Å². The average Bonchev–Trinajstić information content (AvgIpc) is 3.57. The zero-order valence-electron chi connectivity index (χ0n) is 23.5. The van der Waals surface area contributed by atoms with Crippen molar-refractivity contribution in [1.29, 1.82) is 0 Å². The third-order valence-corrected chi connectivity index (χ3v) is 6.99. The van der Waals surface area contributed by atoms with E-state index >= 15 is 0 Å². The van der Waals surface area contributed by atoms with Crippen molar-refractivity contribution in [3.05, 3.63) is 101 Å². The largest absolute Gasteiger partial charge is 0.487 e. The lowest BCUT2D eigenvalue weighted by atomic mass is 9.88. The van der Waals surface area contributed by atoms with E-state index < -0.39 is 12.0 Å². The van der Waals surface area contributed by atoms with Crippen LogP contribution in [-0.2, 0) is 18.4 Å². The molecule has 2 heterocycles. The normalized spacial score (nSPS) is 15.8. The summed E-state index contributed by atoms with van der Waals surface area (Å²) in [6.45, 7) is 4.87. The fourth-order valence-corrected chi connectivity index (χ4v) is 4.90. The number of fused-ring (bicyclic) bond motifs is 1. The van der Waals surface area contributed by atoms with Crippen LogP contribution < -0.4 is 20.1 Å². The van der Waals surface area contributed by atoms with E-state index in [1.807, 2.05) is 49.9 Å². The van der Waals surface area contributed by atoms with Gasteiger partial charge in [-0.15, -0.1) is 0 Å². The highest BCUT2D eigenvalue weighted by molar-refractivity contribution is 5.96. The molecular formula is C32H33FN4O4. The summed E-state index contributed by atoms with van der Waals surface area (Å²) >= 11 is 0. The number of nitrogens with zero attached hydrogens (tertiary/aromatic N) is 2. The van der Waals surface area contributed by atoms with E-state index in [-0.39, 0.29) is 24.2 Å². The lowest BCUT2D eigenvalue weighted by Gasteiger charge is -2.18. The highest BCUT2D eigenvalue weighted by atomic mass is 19.1. The van der Waals surface area contributed by atoms with Crippen LogP contribution in [0.5, 0.6) is 11.5 Å². The monoisotopic (exact) mass is 556 g/mol. The van der Waals surface area contributed by atoms with Gasteiger partial charge in [0, 0.05) is 43.5 Å². The lowest BCUT2D eigenvalue weighted by Crippen LogP contribution is -2.28. The number of amides is 2. The molecule has 0 fully saturated rings. The van der Waals surface area contributed by atoms with Crippen molar-refractivity contribution in [2.75, 3.05) is 13.6 Å². The number of aryl methyl sites for hydroxylation is 1. The Hall–Kier alpha value is -4.66. The molecule has 9 heteroatoms. The number of nitrogens with one attached hydrogen (secondary N) is 2. The summed E-state index contributed by atoms with van der Waals surface area (Å²) in [7, 11) is 3.47. The van der Waals surface area contributed by atoms with Gasteiger partial charge >= 0.3 is 0 Å². The van der Waals surface area contributed by atoms with Crippen molar-refractivity contribution in [3.8, 4) is 22.6 Å². The predicted octanol–water partition coefficient (Wildman–Crippen LogP) is 5.15. The molecule has 0 saturated carbocycles. The molecule has 4 aromatic rings. The number of benzene rings is 3. The first-order valence-corrected chi connectivity index (χ1v) is 13.5. The van der Waals surface area contributed by atoms with Crippen LogP contribution in [0.1, 0.15) is 53.0 Å². The highest BCUT2D eigenvalue weighted by Crippen LogP contribution is 2.48. The molecule has 1 aliphatic rings. The van der Waals surface area contributed by atoms with E-state index in [0.29, 0.717) is 46.2 Å². The zero-order valence-corrected chi connectivity index (χ0v) is 23.5. The van der Waals surface area contributed by atoms with Gasteiger partial charge < -0.3 is 24.7 Å². The summed E-state index contributed by atoms with van der Waals surface area (Å²) in [6.07, 6.45) is 2.97. The molecule has 0 saturated heterocycles. The maximum atomic E-state index is 13.6. The molecule has 212 valence electrons. The Morgan fingerprint density at radius 1 is 1.10 bits per heavy atom. The van der Waals surface area contributed by atoms with Gasteiger partial charge in [0.05, 0.1) is 12.0 Å². The summed E-state index contributed by atoms with van der Waals surface area (Å²) in [6, 6.07) is 16.9. The number of rotatable bonds is 9. The van der Waals surface area contributed by atoms with Crippen molar-refractivity contribution in [3.63, 3.8) is 0 Å². The SMILES string of the molecule is CNC(=O)C1c2cc(-c3cc(C(=O)NCC(C)C)ccc3OCc3cn(C)cn3)ccc2OC1c1ccc(F)cc1. The number of likely N-dealkylation sites (N-methyl/N-ethyl adjacent to an activating group) is 1. The number of hydrogen-bond donors (Lipinski definition) is 2. The fraction of sp³-hybridized carbons (Fsp3) is 0.281. The number of aromatic nitrogens is 2. The molecular weight excluding hydrogens is 523 g/mol. The van der Waals surface area contributed by atoms with Crippen LogP contribution in [0, 0.1) is 11.7 Å². The number of carbonyl (C=O) groups is 2. The molecule has 0 bridgehead atoms. The molecule has 1 aliphatic heterocycles. The molecule has 0 aliphatic carbocycles. The summed E-state index contributed by atoms with van der Waals surface area (Å²) in [5, 5.41) is 5.70. The zero-order chi connectivity index (χ0) is 29.1. The van der Waals surface area contributed by atoms with E-state index in [1.54, 1.807) is 43.7 Å². The van der Waals surface area contributed by atoms with Crippen molar-refractivity contribution in [2.24, 2.45) is 13.0 Å². The summed E-state index contributed by atoms with van der Waals surface area (Å²) in [5.74, 6) is 0.0326. The molecule has 1 aromatic heterocycles. The van der Waals surface area contributed by atoms with Crippen LogP contribution in [-0.4, -0.2) is 35.0 Å². The Morgan fingerprint density at radius 3 is 2.56 bits per heavy atom. The molecule has 0 spiro atoms. The first-order chi connectivity index (χ1) is 19.7. The molecule has 2 unspecified atom stereocenters. The maximum Gasteiger partial charge on any atom is 0.251 e. The Bertz CT molecular complexity index is 1560. The standard InChI is InChI=1S/C32H33FN4O4/c1-19(2)15-35-31(38)22-8-11-27(40-17-24-16-37(4)18-36-24)25(14-22)21-7-12-28-26(13-21)29(32(39)34-3)30(41-28)20-5-9-23(33)10-6-20/h5-14,16,18-19,29-30H,15,17H2,1-4H3,(H,34,39)(H,35,38). The minimum Gasteiger partial charge on any atom is -0.487 e. The van der Waals surface area contributed by atoms with Crippen molar-refractivity contribution < 1.29 is 23.5 Å². The van der Waals surface area contributed by atoms with Gasteiger partial charge in [0.2, 0.25) is 5.91 Å². The van der Waals surface area contributed by atoms with Gasteiger partial charge in [-0.25, -0.2) is 9.37 Å². The van der Waals surface area contributed by atoms with Gasteiger partial charge in [-0.05, 0) is 59.5 Å². The smallest absolute Gasteiger partial charge is 0.251 e. The second-order valence-corrected chi connectivity index (χ2v) is 10.6. The summed E-state index contributed by atoms with van der Waals surface area (Å²) < 4.78 is 27.9. The molecule has 0 radical (unpaired) electrons. The van der Waals surface area contributed by atoms with E-state index in [1.165, 1.54) is 12.1 Å². The van der Waals surface area contributed by atoms with Crippen LogP contribution in [0.3, 0.4) is 0 Å². The molecule has 2 amide bonds. The van der Waals surface area contributed by atoms with Gasteiger partial charge in [0.1, 0.15) is 35.9 Å². The van der Waals surface area contributed by atoms with Crippen LogP contribution in [0.15, 0.2) is 73.2 Å². The molecule has 3 aromatic carbocycles. The highest BCUT2D eigenvalue weighted by Gasteiger charge is 2.40. The number of halogens is 1. The van der Waals surface area contributed by atoms with Gasteiger partial charge in [-0.1, -0.05) is 32.0 Å². The van der Waals surface area contributed by atoms with Crippen molar-refractivity contribution in [1.82, 2.24) is 20.2 Å². The van der Waals surface area contributed by atoms with E-state index in [2.05, 4.69) is 15.6 Å².